The standard InChI is InChI=1S/C32H35F2N5O6/c1-2-15-35-18-28(41)39-25(16-21-11-13-24(40)14-12-21)30(42)38(19-23-9-6-10-26-29(23)45-32(33,34)44-26)20-27(39)37-31(43)36-17-22-7-4-3-5-8-22/h2-5,7-9,11-14,25,27,35,40H,1,6,10,15-20H2,(H2,36,37,43)/t25-,27+/m0/s1. The number of amides is 4. The Morgan fingerprint density at radius 2 is 1.84 bits per heavy atom. The van der Waals surface area contributed by atoms with Crippen molar-refractivity contribution in [2.24, 2.45) is 0 Å². The summed E-state index contributed by atoms with van der Waals surface area (Å²) in [4.78, 5) is 43.7. The zero-order valence-electron chi connectivity index (χ0n) is 24.5. The van der Waals surface area contributed by atoms with Crippen LogP contribution in [0.15, 0.2) is 90.4 Å². The van der Waals surface area contributed by atoms with Gasteiger partial charge in [0.25, 0.3) is 0 Å². The molecule has 13 heteroatoms. The molecule has 1 fully saturated rings. The average molecular weight is 624 g/mol. The number of benzene rings is 2. The van der Waals surface area contributed by atoms with E-state index in [1.54, 1.807) is 24.3 Å². The summed E-state index contributed by atoms with van der Waals surface area (Å²) in [5.74, 6) is -0.928. The molecular weight excluding hydrogens is 588 g/mol. The quantitative estimate of drug-likeness (QED) is 0.224. The molecule has 0 unspecified atom stereocenters. The van der Waals surface area contributed by atoms with Crippen LogP contribution in [0.25, 0.3) is 0 Å². The Bertz CT molecular complexity index is 1480. The first kappa shape index (κ1) is 31.5. The first-order chi connectivity index (χ1) is 21.6. The van der Waals surface area contributed by atoms with Crippen LogP contribution < -0.4 is 16.0 Å². The van der Waals surface area contributed by atoms with Crippen LogP contribution in [0.4, 0.5) is 13.6 Å². The van der Waals surface area contributed by atoms with Gasteiger partial charge in [-0.2, -0.15) is 0 Å². The molecule has 2 aromatic rings. The zero-order chi connectivity index (χ0) is 32.0. The second-order valence-corrected chi connectivity index (χ2v) is 10.8. The van der Waals surface area contributed by atoms with Crippen LogP contribution >= 0.6 is 0 Å². The van der Waals surface area contributed by atoms with Crippen molar-refractivity contribution in [2.45, 2.75) is 44.3 Å². The molecule has 0 aromatic heterocycles. The highest BCUT2D eigenvalue weighted by Crippen LogP contribution is 2.41. The molecule has 0 radical (unpaired) electrons. The number of nitrogens with zero attached hydrogens (tertiary/aromatic N) is 2. The van der Waals surface area contributed by atoms with Crippen LogP contribution in [0.5, 0.6) is 5.75 Å². The minimum atomic E-state index is -3.80. The number of carbonyl (C=O) groups is 3. The van der Waals surface area contributed by atoms with Gasteiger partial charge in [0.2, 0.25) is 11.8 Å². The molecule has 2 atom stereocenters. The van der Waals surface area contributed by atoms with Gasteiger partial charge in [0.15, 0.2) is 5.76 Å². The third kappa shape index (κ3) is 7.79. The summed E-state index contributed by atoms with van der Waals surface area (Å²) in [6, 6.07) is 13.9. The average Bonchev–Trinajstić information content (AvgIpc) is 3.35. The first-order valence-electron chi connectivity index (χ1n) is 14.6. The molecule has 4 N–H and O–H groups in total. The molecule has 2 aliphatic heterocycles. The molecular formula is C32H35F2N5O6. The number of carbonyl (C=O) groups excluding carboxylic acids is 3. The number of aromatic hydroxyl groups is 1. The summed E-state index contributed by atoms with van der Waals surface area (Å²) in [6.07, 6.45) is -0.749. The predicted octanol–water partition coefficient (Wildman–Crippen LogP) is 3.10. The first-order valence-corrected chi connectivity index (χ1v) is 14.6. The number of rotatable bonds is 11. The molecule has 0 spiro atoms. The van der Waals surface area contributed by atoms with E-state index < -0.39 is 36.3 Å². The highest BCUT2D eigenvalue weighted by Gasteiger charge is 2.48. The number of piperazine rings is 1. The van der Waals surface area contributed by atoms with Gasteiger partial charge in [0.05, 0.1) is 13.1 Å². The second-order valence-electron chi connectivity index (χ2n) is 10.8. The van der Waals surface area contributed by atoms with Crippen LogP contribution in [0.2, 0.25) is 0 Å². The summed E-state index contributed by atoms with van der Waals surface area (Å²) in [5.41, 5.74) is 1.87. The second kappa shape index (κ2) is 13.8. The maximum absolute atomic E-state index is 14.1. The van der Waals surface area contributed by atoms with Crippen LogP contribution in [-0.2, 0) is 32.0 Å². The maximum Gasteiger partial charge on any atom is 0.585 e. The van der Waals surface area contributed by atoms with Gasteiger partial charge in [-0.3, -0.25) is 9.59 Å². The van der Waals surface area contributed by atoms with E-state index in [4.69, 9.17) is 4.74 Å². The van der Waals surface area contributed by atoms with Gasteiger partial charge >= 0.3 is 12.3 Å². The highest BCUT2D eigenvalue weighted by molar-refractivity contribution is 5.91. The molecule has 5 rings (SSSR count). The molecule has 1 aliphatic carbocycles. The smallest absolute Gasteiger partial charge is 0.508 e. The molecule has 2 heterocycles. The van der Waals surface area contributed by atoms with E-state index in [1.165, 1.54) is 21.9 Å². The van der Waals surface area contributed by atoms with E-state index in [-0.39, 0.29) is 56.3 Å². The minimum absolute atomic E-state index is 0.0164. The number of phenolic OH excluding ortho intramolecular Hbond substituents is 1. The monoisotopic (exact) mass is 623 g/mol. The van der Waals surface area contributed by atoms with Gasteiger partial charge in [-0.25, -0.2) is 4.79 Å². The van der Waals surface area contributed by atoms with Crippen molar-refractivity contribution in [3.8, 4) is 5.75 Å². The third-order valence-electron chi connectivity index (χ3n) is 7.60. The number of urea groups is 1. The predicted molar refractivity (Wildman–Crippen MR) is 159 cm³/mol. The van der Waals surface area contributed by atoms with Crippen molar-refractivity contribution in [3.63, 3.8) is 0 Å². The number of hydrogen-bond acceptors (Lipinski definition) is 7. The largest absolute Gasteiger partial charge is 0.585 e. The summed E-state index contributed by atoms with van der Waals surface area (Å²) in [5, 5.41) is 18.4. The Morgan fingerprint density at radius 3 is 2.58 bits per heavy atom. The number of phenols is 1. The molecule has 2 aromatic carbocycles. The van der Waals surface area contributed by atoms with Crippen molar-refractivity contribution < 1.29 is 37.7 Å². The van der Waals surface area contributed by atoms with Crippen molar-refractivity contribution in [2.75, 3.05) is 26.2 Å². The molecule has 3 aliphatic rings. The van der Waals surface area contributed by atoms with E-state index in [9.17, 15) is 28.3 Å². The number of ether oxygens (including phenoxy) is 2. The molecule has 45 heavy (non-hydrogen) atoms. The number of nitrogens with one attached hydrogen (secondary N) is 3. The van der Waals surface area contributed by atoms with Crippen LogP contribution in [-0.4, -0.2) is 77.4 Å². The van der Waals surface area contributed by atoms with E-state index in [0.717, 1.165) is 5.56 Å². The van der Waals surface area contributed by atoms with Crippen LogP contribution in [0, 0.1) is 0 Å². The summed E-state index contributed by atoms with van der Waals surface area (Å²) in [7, 11) is 0. The maximum atomic E-state index is 14.1. The summed E-state index contributed by atoms with van der Waals surface area (Å²) >= 11 is 0. The number of allylic oxidation sites excluding steroid dienone is 2. The topological polar surface area (TPSA) is 132 Å². The number of alkyl halides is 2. The SMILES string of the molecule is C=CCNCC(=O)N1[C@@H](NC(=O)NCc2ccccc2)CN(CC2=CCCC3=C2OC(F)(F)O3)C(=O)[C@@H]1Cc1ccc(O)cc1. The van der Waals surface area contributed by atoms with Gasteiger partial charge in [-0.1, -0.05) is 54.6 Å². The van der Waals surface area contributed by atoms with Gasteiger partial charge in [0.1, 0.15) is 23.7 Å². The fourth-order valence-corrected chi connectivity index (χ4v) is 5.54. The third-order valence-corrected chi connectivity index (χ3v) is 7.60. The molecule has 0 saturated carbocycles. The summed E-state index contributed by atoms with van der Waals surface area (Å²) < 4.78 is 37.4. The van der Waals surface area contributed by atoms with E-state index in [2.05, 4.69) is 27.3 Å². The number of hydrogen-bond donors (Lipinski definition) is 4. The van der Waals surface area contributed by atoms with Gasteiger partial charge in [-0.15, -0.1) is 15.4 Å². The van der Waals surface area contributed by atoms with Crippen molar-refractivity contribution in [3.05, 3.63) is 102 Å². The minimum Gasteiger partial charge on any atom is -0.508 e. The highest BCUT2D eigenvalue weighted by atomic mass is 19.3. The van der Waals surface area contributed by atoms with Crippen molar-refractivity contribution >= 4 is 17.8 Å². The van der Waals surface area contributed by atoms with Gasteiger partial charge < -0.3 is 40.3 Å². The lowest BCUT2D eigenvalue weighted by Gasteiger charge is -2.46. The lowest BCUT2D eigenvalue weighted by molar-refractivity contribution is -0.337. The van der Waals surface area contributed by atoms with Crippen molar-refractivity contribution in [1.82, 2.24) is 25.8 Å². The zero-order valence-corrected chi connectivity index (χ0v) is 24.5. The number of halogens is 2. The Morgan fingerprint density at radius 1 is 1.09 bits per heavy atom. The molecule has 11 nitrogen and oxygen atoms in total. The fraction of sp³-hybridized carbons (Fsp3) is 0.344. The van der Waals surface area contributed by atoms with Gasteiger partial charge in [-0.05, 0) is 29.7 Å². The summed E-state index contributed by atoms with van der Waals surface area (Å²) in [6.45, 7) is 3.86. The Hall–Kier alpha value is -4.91. The lowest BCUT2D eigenvalue weighted by Crippen LogP contribution is -2.70. The Balaban J connectivity index is 1.43. The molecule has 0 bridgehead atoms. The molecule has 1 saturated heterocycles. The lowest BCUT2D eigenvalue weighted by atomic mass is 9.97. The van der Waals surface area contributed by atoms with Crippen LogP contribution in [0.1, 0.15) is 24.0 Å². The molecule has 4 amide bonds. The Kier molecular flexibility index (Phi) is 9.67. The molecule has 238 valence electrons. The normalized spacial score (nSPS) is 20.5. The van der Waals surface area contributed by atoms with Crippen molar-refractivity contribution in [1.29, 1.82) is 0 Å². The Labute approximate surface area is 259 Å². The van der Waals surface area contributed by atoms with Gasteiger partial charge in [0, 0.05) is 38.0 Å². The van der Waals surface area contributed by atoms with E-state index >= 15 is 0 Å². The van der Waals surface area contributed by atoms with E-state index in [0.29, 0.717) is 24.1 Å². The fourth-order valence-electron chi connectivity index (χ4n) is 5.54. The van der Waals surface area contributed by atoms with E-state index in [1.807, 2.05) is 30.3 Å². The van der Waals surface area contributed by atoms with Crippen LogP contribution in [0.3, 0.4) is 0 Å².